The Balaban J connectivity index is 0.00000529. The summed E-state index contributed by atoms with van der Waals surface area (Å²) in [6.07, 6.45) is 2.11. The van der Waals surface area contributed by atoms with E-state index in [0.29, 0.717) is 5.92 Å². The van der Waals surface area contributed by atoms with Gasteiger partial charge in [-0.05, 0) is 37.3 Å². The number of hydrogen-bond donors (Lipinski definition) is 1. The monoisotopic (exact) mass is 446 g/mol. The van der Waals surface area contributed by atoms with Crippen LogP contribution in [0.5, 0.6) is 0 Å². The molecule has 1 N–H and O–H groups in total. The van der Waals surface area contributed by atoms with E-state index in [9.17, 15) is 4.79 Å². The SMILES string of the molecule is CC[N+](C)(C)CCCNC(=O)C(C)c1ccc(CC(C)C)cc1.[I-]. The van der Waals surface area contributed by atoms with Crippen LogP contribution in [0.1, 0.15) is 51.2 Å². The molecule has 0 spiro atoms. The van der Waals surface area contributed by atoms with Crippen molar-refractivity contribution in [3.63, 3.8) is 0 Å². The maximum absolute atomic E-state index is 12.3. The highest BCUT2D eigenvalue weighted by Gasteiger charge is 2.16. The van der Waals surface area contributed by atoms with Crippen molar-refractivity contribution in [1.82, 2.24) is 5.32 Å². The molecule has 1 amide bonds. The van der Waals surface area contributed by atoms with E-state index >= 15 is 0 Å². The topological polar surface area (TPSA) is 29.1 Å². The van der Waals surface area contributed by atoms with Crippen LogP contribution in [0.4, 0.5) is 0 Å². The molecule has 3 nitrogen and oxygen atoms in total. The Labute approximate surface area is 165 Å². The molecule has 0 saturated heterocycles. The third-order valence-electron chi connectivity index (χ3n) is 4.61. The number of carbonyl (C=O) groups excluding carboxylic acids is 1. The van der Waals surface area contributed by atoms with Crippen LogP contribution in [0.2, 0.25) is 0 Å². The molecule has 0 heterocycles. The van der Waals surface area contributed by atoms with E-state index in [-0.39, 0.29) is 35.8 Å². The summed E-state index contributed by atoms with van der Waals surface area (Å²) in [6.45, 7) is 11.6. The lowest BCUT2D eigenvalue weighted by Crippen LogP contribution is -3.00. The number of quaternary nitrogens is 1. The van der Waals surface area contributed by atoms with Crippen LogP contribution in [0.25, 0.3) is 0 Å². The van der Waals surface area contributed by atoms with Crippen molar-refractivity contribution in [2.24, 2.45) is 5.92 Å². The van der Waals surface area contributed by atoms with Gasteiger partial charge in [-0.2, -0.15) is 0 Å². The Morgan fingerprint density at radius 2 is 1.71 bits per heavy atom. The first-order chi connectivity index (χ1) is 10.7. The van der Waals surface area contributed by atoms with Crippen molar-refractivity contribution in [2.75, 3.05) is 33.7 Å². The maximum Gasteiger partial charge on any atom is 0.227 e. The fourth-order valence-electron chi connectivity index (χ4n) is 2.60. The van der Waals surface area contributed by atoms with Gasteiger partial charge in [0, 0.05) is 13.0 Å². The molecule has 0 aliphatic rings. The predicted molar refractivity (Wildman–Crippen MR) is 98.5 cm³/mol. The second kappa shape index (κ2) is 11.1. The molecule has 1 rings (SSSR count). The Bertz CT molecular complexity index is 483. The van der Waals surface area contributed by atoms with E-state index in [2.05, 4.69) is 64.4 Å². The highest BCUT2D eigenvalue weighted by molar-refractivity contribution is 5.83. The number of nitrogens with zero attached hydrogens (tertiary/aromatic N) is 1. The van der Waals surface area contributed by atoms with Crippen LogP contribution in [0.3, 0.4) is 0 Å². The zero-order valence-corrected chi connectivity index (χ0v) is 18.4. The summed E-state index contributed by atoms with van der Waals surface area (Å²) >= 11 is 0. The highest BCUT2D eigenvalue weighted by Crippen LogP contribution is 2.17. The molecule has 1 unspecified atom stereocenters. The lowest BCUT2D eigenvalue weighted by Gasteiger charge is -2.28. The zero-order chi connectivity index (χ0) is 17.5. The second-order valence-electron chi connectivity index (χ2n) is 7.68. The van der Waals surface area contributed by atoms with Crippen molar-refractivity contribution >= 4 is 5.91 Å². The Hall–Kier alpha value is -0.620. The van der Waals surface area contributed by atoms with Gasteiger partial charge in [-0.25, -0.2) is 0 Å². The Morgan fingerprint density at radius 1 is 1.12 bits per heavy atom. The standard InChI is InChI=1S/C20H34N2O.HI/c1-7-22(5,6)14-8-13-21-20(23)17(4)19-11-9-18(10-12-19)15-16(2)3;/h9-12,16-17H,7-8,13-15H2,1-6H3;1H. The first kappa shape index (κ1) is 23.4. The molecule has 0 radical (unpaired) electrons. The number of halogens is 1. The summed E-state index contributed by atoms with van der Waals surface area (Å²) in [5, 5.41) is 3.08. The van der Waals surface area contributed by atoms with Gasteiger partial charge in [-0.1, -0.05) is 38.1 Å². The van der Waals surface area contributed by atoms with Crippen LogP contribution in [0, 0.1) is 5.92 Å². The Morgan fingerprint density at radius 3 is 2.21 bits per heavy atom. The number of nitrogens with one attached hydrogen (secondary N) is 1. The van der Waals surface area contributed by atoms with E-state index in [1.54, 1.807) is 0 Å². The largest absolute Gasteiger partial charge is 1.00 e. The number of hydrogen-bond acceptors (Lipinski definition) is 1. The van der Waals surface area contributed by atoms with Crippen molar-refractivity contribution in [3.8, 4) is 0 Å². The van der Waals surface area contributed by atoms with Crippen molar-refractivity contribution in [3.05, 3.63) is 35.4 Å². The predicted octanol–water partition coefficient (Wildman–Crippen LogP) is 0.595. The first-order valence-electron chi connectivity index (χ1n) is 8.93. The van der Waals surface area contributed by atoms with Crippen LogP contribution < -0.4 is 29.3 Å². The molecule has 24 heavy (non-hydrogen) atoms. The Kier molecular flexibility index (Phi) is 10.8. The highest BCUT2D eigenvalue weighted by atomic mass is 127. The van der Waals surface area contributed by atoms with E-state index in [0.717, 1.165) is 42.5 Å². The third-order valence-corrected chi connectivity index (χ3v) is 4.61. The molecule has 0 aliphatic heterocycles. The van der Waals surface area contributed by atoms with E-state index < -0.39 is 0 Å². The summed E-state index contributed by atoms with van der Waals surface area (Å²) in [4.78, 5) is 12.3. The molecule has 138 valence electrons. The van der Waals surface area contributed by atoms with Crippen LogP contribution >= 0.6 is 0 Å². The van der Waals surface area contributed by atoms with E-state index in [1.165, 1.54) is 5.56 Å². The molecular formula is C20H35IN2O. The minimum atomic E-state index is -0.0863. The molecule has 1 aromatic rings. The fraction of sp³-hybridized carbons (Fsp3) is 0.650. The average molecular weight is 446 g/mol. The molecule has 0 saturated carbocycles. The van der Waals surface area contributed by atoms with Crippen molar-refractivity contribution < 1.29 is 33.3 Å². The van der Waals surface area contributed by atoms with Gasteiger partial charge in [-0.15, -0.1) is 0 Å². The molecule has 1 aromatic carbocycles. The summed E-state index contributed by atoms with van der Waals surface area (Å²) in [6, 6.07) is 8.50. The van der Waals surface area contributed by atoms with Gasteiger partial charge in [0.25, 0.3) is 0 Å². The van der Waals surface area contributed by atoms with Gasteiger partial charge < -0.3 is 33.8 Å². The number of benzene rings is 1. The third kappa shape index (κ3) is 8.47. The maximum atomic E-state index is 12.3. The minimum Gasteiger partial charge on any atom is -1.00 e. The normalized spacial score (nSPS) is 12.6. The van der Waals surface area contributed by atoms with Gasteiger partial charge in [0.05, 0.1) is 33.1 Å². The molecule has 0 bridgehead atoms. The summed E-state index contributed by atoms with van der Waals surface area (Å²) in [5.74, 6) is 0.701. The van der Waals surface area contributed by atoms with Crippen molar-refractivity contribution in [1.29, 1.82) is 0 Å². The zero-order valence-electron chi connectivity index (χ0n) is 16.2. The average Bonchev–Trinajstić information content (AvgIpc) is 2.51. The molecule has 1 atom stereocenters. The smallest absolute Gasteiger partial charge is 0.227 e. The first-order valence-corrected chi connectivity index (χ1v) is 8.93. The van der Waals surface area contributed by atoms with Gasteiger partial charge in [-0.3, -0.25) is 4.79 Å². The van der Waals surface area contributed by atoms with Crippen LogP contribution in [-0.4, -0.2) is 44.1 Å². The molecule has 4 heteroatoms. The van der Waals surface area contributed by atoms with Crippen molar-refractivity contribution in [2.45, 2.75) is 46.5 Å². The lowest BCUT2D eigenvalue weighted by molar-refractivity contribution is -0.888. The van der Waals surface area contributed by atoms with E-state index in [1.807, 2.05) is 6.92 Å². The quantitative estimate of drug-likeness (QED) is 0.336. The van der Waals surface area contributed by atoms with Gasteiger partial charge in [0.2, 0.25) is 5.91 Å². The number of carbonyl (C=O) groups is 1. The summed E-state index contributed by atoms with van der Waals surface area (Å²) in [7, 11) is 4.45. The van der Waals surface area contributed by atoms with Gasteiger partial charge >= 0.3 is 0 Å². The molecule has 0 aromatic heterocycles. The fourth-order valence-corrected chi connectivity index (χ4v) is 2.60. The number of rotatable bonds is 9. The molecule has 0 aliphatic carbocycles. The molecule has 0 fully saturated rings. The van der Waals surface area contributed by atoms with Gasteiger partial charge in [0.1, 0.15) is 0 Å². The summed E-state index contributed by atoms with van der Waals surface area (Å²) < 4.78 is 1.00. The number of amides is 1. The van der Waals surface area contributed by atoms with Crippen LogP contribution in [-0.2, 0) is 11.2 Å². The second-order valence-corrected chi connectivity index (χ2v) is 7.68. The van der Waals surface area contributed by atoms with Crippen LogP contribution in [0.15, 0.2) is 24.3 Å². The minimum absolute atomic E-state index is 0. The molecular weight excluding hydrogens is 411 g/mol. The van der Waals surface area contributed by atoms with Gasteiger partial charge in [0.15, 0.2) is 0 Å². The lowest BCUT2D eigenvalue weighted by atomic mass is 9.96. The summed E-state index contributed by atoms with van der Waals surface area (Å²) in [5.41, 5.74) is 2.44. The van der Waals surface area contributed by atoms with E-state index in [4.69, 9.17) is 0 Å².